The fourth-order valence-electron chi connectivity index (χ4n) is 1.72. The highest BCUT2D eigenvalue weighted by atomic mass is 32.2. The van der Waals surface area contributed by atoms with Gasteiger partial charge in [-0.3, -0.25) is 4.79 Å². The summed E-state index contributed by atoms with van der Waals surface area (Å²) in [6.07, 6.45) is 0.180. The molecule has 0 saturated heterocycles. The van der Waals surface area contributed by atoms with Gasteiger partial charge in [0, 0.05) is 31.0 Å². The number of hydrogen-bond donors (Lipinski definition) is 0. The minimum absolute atomic E-state index is 0.0404. The molecule has 20 heavy (non-hydrogen) atoms. The van der Waals surface area contributed by atoms with Gasteiger partial charge in [-0.15, -0.1) is 0 Å². The number of nitrogens with zero attached hydrogens (tertiary/aromatic N) is 1. The molecule has 4 nitrogen and oxygen atoms in total. The number of Topliss-reactive ketones (excluding diaryl/α,β-unsaturated/α-hetero) is 1. The first kappa shape index (κ1) is 14.9. The average Bonchev–Trinajstić information content (AvgIpc) is 2.99. The highest BCUT2D eigenvalue weighted by molar-refractivity contribution is 7.89. The number of benzene rings is 1. The third-order valence-electron chi connectivity index (χ3n) is 2.95. The van der Waals surface area contributed by atoms with Gasteiger partial charge < -0.3 is 0 Å². The lowest BCUT2D eigenvalue weighted by Gasteiger charge is -2.16. The minimum atomic E-state index is -3.52. The third-order valence-corrected chi connectivity index (χ3v) is 5.50. The van der Waals surface area contributed by atoms with Gasteiger partial charge in [0.25, 0.3) is 0 Å². The Morgan fingerprint density at radius 3 is 2.50 bits per heavy atom. The Hall–Kier alpha value is -1.50. The van der Waals surface area contributed by atoms with Crippen molar-refractivity contribution in [3.05, 3.63) is 52.7 Å². The normalized spacial score (nSPS) is 11.7. The van der Waals surface area contributed by atoms with Crippen LogP contribution in [0.25, 0.3) is 0 Å². The molecule has 0 N–H and O–H groups in total. The summed E-state index contributed by atoms with van der Waals surface area (Å²) in [6.45, 7) is 0.173. The molecule has 0 radical (unpaired) electrons. The third kappa shape index (κ3) is 3.33. The zero-order valence-electron chi connectivity index (χ0n) is 11.0. The highest BCUT2D eigenvalue weighted by Crippen LogP contribution is 2.15. The summed E-state index contributed by atoms with van der Waals surface area (Å²) >= 11 is 1.45. The number of carbonyl (C=O) groups is 1. The van der Waals surface area contributed by atoms with E-state index in [1.807, 2.05) is 5.38 Å². The summed E-state index contributed by atoms with van der Waals surface area (Å²) in [5, 5.41) is 3.60. The van der Waals surface area contributed by atoms with Gasteiger partial charge in [0.2, 0.25) is 10.0 Å². The van der Waals surface area contributed by atoms with Crippen LogP contribution >= 0.6 is 11.3 Å². The smallest absolute Gasteiger partial charge is 0.242 e. The molecule has 0 aliphatic heterocycles. The lowest BCUT2D eigenvalue weighted by atomic mass is 10.2. The second-order valence-electron chi connectivity index (χ2n) is 4.32. The predicted molar refractivity (Wildman–Crippen MR) is 79.5 cm³/mol. The van der Waals surface area contributed by atoms with Crippen LogP contribution < -0.4 is 0 Å². The van der Waals surface area contributed by atoms with Crippen LogP contribution in [-0.2, 0) is 10.0 Å². The van der Waals surface area contributed by atoms with E-state index in [1.165, 1.54) is 22.7 Å². The molecule has 0 aliphatic carbocycles. The summed E-state index contributed by atoms with van der Waals surface area (Å²) in [6, 6.07) is 9.96. The average molecular weight is 309 g/mol. The van der Waals surface area contributed by atoms with Gasteiger partial charge in [-0.1, -0.05) is 18.2 Å². The maximum Gasteiger partial charge on any atom is 0.242 e. The molecule has 0 atom stereocenters. The van der Waals surface area contributed by atoms with Gasteiger partial charge >= 0.3 is 0 Å². The van der Waals surface area contributed by atoms with E-state index in [9.17, 15) is 13.2 Å². The van der Waals surface area contributed by atoms with Gasteiger partial charge in [0.15, 0.2) is 5.78 Å². The lowest BCUT2D eigenvalue weighted by molar-refractivity contribution is 0.0978. The Bertz CT molecular complexity index is 664. The number of carbonyl (C=O) groups excluding carboxylic acids is 1. The summed E-state index contributed by atoms with van der Waals surface area (Å²) in [5.74, 6) is -0.0404. The van der Waals surface area contributed by atoms with Crippen molar-refractivity contribution >= 4 is 27.1 Å². The number of rotatable bonds is 6. The van der Waals surface area contributed by atoms with Crippen LogP contribution in [0.5, 0.6) is 0 Å². The molecule has 106 valence electrons. The lowest BCUT2D eigenvalue weighted by Crippen LogP contribution is -2.29. The summed E-state index contributed by atoms with van der Waals surface area (Å²) < 4.78 is 25.7. The van der Waals surface area contributed by atoms with E-state index in [0.29, 0.717) is 5.56 Å². The first-order valence-corrected chi connectivity index (χ1v) is 8.47. The van der Waals surface area contributed by atoms with Crippen LogP contribution in [0.15, 0.2) is 52.1 Å². The molecule has 1 aromatic carbocycles. The predicted octanol–water partition coefficient (Wildman–Crippen LogP) is 2.64. The van der Waals surface area contributed by atoms with Crippen LogP contribution in [0.2, 0.25) is 0 Å². The molecule has 0 amide bonds. The van der Waals surface area contributed by atoms with Crippen molar-refractivity contribution in [2.45, 2.75) is 11.3 Å². The number of hydrogen-bond acceptors (Lipinski definition) is 4. The van der Waals surface area contributed by atoms with Crippen LogP contribution in [0.1, 0.15) is 16.8 Å². The number of thiophene rings is 1. The van der Waals surface area contributed by atoms with E-state index in [2.05, 4.69) is 0 Å². The van der Waals surface area contributed by atoms with Crippen molar-refractivity contribution in [3.63, 3.8) is 0 Å². The second kappa shape index (κ2) is 6.30. The molecule has 0 aliphatic rings. The zero-order chi connectivity index (χ0) is 14.6. The molecule has 0 bridgehead atoms. The summed E-state index contributed by atoms with van der Waals surface area (Å²) in [5.41, 5.74) is 0.639. The maximum atomic E-state index is 12.2. The Labute approximate surface area is 122 Å². The largest absolute Gasteiger partial charge is 0.294 e. The van der Waals surface area contributed by atoms with Crippen LogP contribution in [-0.4, -0.2) is 32.1 Å². The van der Waals surface area contributed by atoms with E-state index in [0.717, 1.165) is 0 Å². The van der Waals surface area contributed by atoms with E-state index in [1.54, 1.807) is 41.8 Å². The van der Waals surface area contributed by atoms with Crippen molar-refractivity contribution in [1.82, 2.24) is 4.31 Å². The topological polar surface area (TPSA) is 54.5 Å². The molecule has 0 spiro atoms. The molecule has 2 rings (SSSR count). The van der Waals surface area contributed by atoms with E-state index in [4.69, 9.17) is 0 Å². The molecule has 0 fully saturated rings. The Morgan fingerprint density at radius 1 is 1.20 bits per heavy atom. The molecular formula is C14H15NO3S2. The monoisotopic (exact) mass is 309 g/mol. The standard InChI is InChI=1S/C14H15NO3S2/c1-15(9-7-14(16)12-8-10-19-11-12)20(17,18)13-5-3-2-4-6-13/h2-6,8,10-11H,7,9H2,1H3. The van der Waals surface area contributed by atoms with Gasteiger partial charge in [-0.2, -0.15) is 11.3 Å². The van der Waals surface area contributed by atoms with Crippen LogP contribution in [0.4, 0.5) is 0 Å². The number of ketones is 1. The SMILES string of the molecule is CN(CCC(=O)c1ccsc1)S(=O)(=O)c1ccccc1. The van der Waals surface area contributed by atoms with Crippen molar-refractivity contribution in [1.29, 1.82) is 0 Å². The Morgan fingerprint density at radius 2 is 1.90 bits per heavy atom. The molecule has 0 unspecified atom stereocenters. The van der Waals surface area contributed by atoms with Crippen molar-refractivity contribution in [3.8, 4) is 0 Å². The van der Waals surface area contributed by atoms with Gasteiger partial charge in [0.1, 0.15) is 0 Å². The Kier molecular flexibility index (Phi) is 4.69. The summed E-state index contributed by atoms with van der Waals surface area (Å²) in [4.78, 5) is 12.1. The quantitative estimate of drug-likeness (QED) is 0.771. The van der Waals surface area contributed by atoms with Crippen molar-refractivity contribution in [2.75, 3.05) is 13.6 Å². The Balaban J connectivity index is 2.02. The number of sulfonamides is 1. The minimum Gasteiger partial charge on any atom is -0.294 e. The first-order valence-electron chi connectivity index (χ1n) is 6.08. The van der Waals surface area contributed by atoms with E-state index >= 15 is 0 Å². The van der Waals surface area contributed by atoms with E-state index in [-0.39, 0.29) is 23.6 Å². The van der Waals surface area contributed by atoms with Crippen LogP contribution in [0, 0.1) is 0 Å². The van der Waals surface area contributed by atoms with Gasteiger partial charge in [-0.05, 0) is 23.6 Å². The molecule has 1 heterocycles. The van der Waals surface area contributed by atoms with Crippen LogP contribution in [0.3, 0.4) is 0 Å². The van der Waals surface area contributed by atoms with Crippen molar-refractivity contribution < 1.29 is 13.2 Å². The fourth-order valence-corrected chi connectivity index (χ4v) is 3.57. The first-order chi connectivity index (χ1) is 9.51. The van der Waals surface area contributed by atoms with E-state index < -0.39 is 10.0 Å². The summed E-state index contributed by atoms with van der Waals surface area (Å²) in [7, 11) is -2.03. The highest BCUT2D eigenvalue weighted by Gasteiger charge is 2.21. The second-order valence-corrected chi connectivity index (χ2v) is 7.15. The molecule has 2 aromatic rings. The maximum absolute atomic E-state index is 12.2. The molecular weight excluding hydrogens is 294 g/mol. The van der Waals surface area contributed by atoms with Gasteiger partial charge in [0.05, 0.1) is 4.90 Å². The fraction of sp³-hybridized carbons (Fsp3) is 0.214. The van der Waals surface area contributed by atoms with Crippen molar-refractivity contribution in [2.24, 2.45) is 0 Å². The zero-order valence-corrected chi connectivity index (χ0v) is 12.7. The molecule has 0 saturated carbocycles. The van der Waals surface area contributed by atoms with Gasteiger partial charge in [-0.25, -0.2) is 12.7 Å². The molecule has 6 heteroatoms. The molecule has 1 aromatic heterocycles.